The van der Waals surface area contributed by atoms with Gasteiger partial charge in [0.15, 0.2) is 0 Å². The van der Waals surface area contributed by atoms with E-state index in [9.17, 15) is 0 Å². The molecule has 0 radical (unpaired) electrons. The molecule has 58 valence electrons. The third-order valence-electron chi connectivity index (χ3n) is 0.920. The van der Waals surface area contributed by atoms with Crippen molar-refractivity contribution in [3.63, 3.8) is 0 Å². The Morgan fingerprint density at radius 2 is 2.40 bits per heavy atom. The molecule has 4 nitrogen and oxygen atoms in total. The molecule has 0 spiro atoms. The predicted molar refractivity (Wildman–Crippen MR) is 45.1 cm³/mol. The molecule has 0 atom stereocenters. The van der Waals surface area contributed by atoms with E-state index < -0.39 is 20.5 Å². The van der Waals surface area contributed by atoms with Crippen molar-refractivity contribution >= 4 is 26.4 Å². The van der Waals surface area contributed by atoms with E-state index in [4.69, 9.17) is 13.1 Å². The van der Waals surface area contributed by atoms with Crippen LogP contribution >= 0.6 is 20.5 Å². The molecule has 1 heterocycles. The summed E-state index contributed by atoms with van der Waals surface area (Å²) in [6, 6.07) is 3.24. The molecule has 0 aromatic carbocycles. The Bertz CT molecular complexity index is 187. The number of furan rings is 1. The van der Waals surface area contributed by atoms with Gasteiger partial charge in [0, 0.05) is 0 Å². The fourth-order valence-corrected chi connectivity index (χ4v) is 1.46. The summed E-state index contributed by atoms with van der Waals surface area (Å²) in [6.45, 7) is 0. The quantitative estimate of drug-likeness (QED) is 0.364. The summed E-state index contributed by atoms with van der Waals surface area (Å²) in [4.78, 5) is 1.59. The normalized spacial score (nSPS) is 11.3. The molecule has 0 saturated carbocycles. The van der Waals surface area contributed by atoms with E-state index in [1.807, 2.05) is 0 Å². The van der Waals surface area contributed by atoms with Gasteiger partial charge in [0.1, 0.15) is 0 Å². The summed E-state index contributed by atoms with van der Waals surface area (Å²) in [5.41, 5.74) is 0. The maximum absolute atomic E-state index is 9.05. The molecule has 0 unspecified atom stereocenters. The number of halogens is 1. The average Bonchev–Trinajstić information content (AvgIpc) is 2.36. The zero-order chi connectivity index (χ0) is 7.56. The van der Waals surface area contributed by atoms with Crippen molar-refractivity contribution in [3.05, 3.63) is 18.4 Å². The molecule has 5 heteroatoms. The van der Waals surface area contributed by atoms with Gasteiger partial charge in [0.05, 0.1) is 0 Å². The second kappa shape index (κ2) is 3.22. The van der Waals surface area contributed by atoms with Crippen LogP contribution in [0, 0.1) is 0 Å². The number of hydrogen-bond donors (Lipinski definition) is 2. The molecular formula is C5H8INO3. The first-order valence-corrected chi connectivity index (χ1v) is 6.62. The van der Waals surface area contributed by atoms with E-state index in [2.05, 4.69) is 0 Å². The van der Waals surface area contributed by atoms with Crippen molar-refractivity contribution in [3.8, 4) is 0 Å². The minimum absolute atomic E-state index is 0.301. The van der Waals surface area contributed by atoms with E-state index in [0.29, 0.717) is 5.88 Å². The number of nitrogens with zero attached hydrogens (tertiary/aromatic N) is 1. The minimum atomic E-state index is -2.32. The molecule has 0 aliphatic heterocycles. The van der Waals surface area contributed by atoms with Crippen LogP contribution in [-0.2, 0) is 0 Å². The van der Waals surface area contributed by atoms with Crippen LogP contribution in [0.3, 0.4) is 0 Å². The second-order valence-corrected chi connectivity index (χ2v) is 4.90. The van der Waals surface area contributed by atoms with Crippen LogP contribution in [0.25, 0.3) is 0 Å². The van der Waals surface area contributed by atoms with E-state index in [-0.39, 0.29) is 0 Å². The predicted octanol–water partition coefficient (Wildman–Crippen LogP) is 1.43. The number of alkyl halides is 1. The van der Waals surface area contributed by atoms with Crippen molar-refractivity contribution in [1.82, 2.24) is 0 Å². The number of hydrogen-bond acceptors (Lipinski definition) is 4. The Morgan fingerprint density at radius 3 is 2.80 bits per heavy atom. The first-order chi connectivity index (χ1) is 4.72. The maximum atomic E-state index is 9.05. The van der Waals surface area contributed by atoms with Gasteiger partial charge in [-0.25, -0.2) is 0 Å². The summed E-state index contributed by atoms with van der Waals surface area (Å²) in [5, 5.41) is 9.05. The Morgan fingerprint density at radius 1 is 1.70 bits per heavy atom. The van der Waals surface area contributed by atoms with Crippen molar-refractivity contribution in [2.24, 2.45) is 0 Å². The number of rotatable bonds is 2. The van der Waals surface area contributed by atoms with Crippen LogP contribution < -0.4 is 3.28 Å². The first-order valence-electron chi connectivity index (χ1n) is 2.53. The van der Waals surface area contributed by atoms with Crippen molar-refractivity contribution in [2.45, 2.75) is 0 Å². The Balaban J connectivity index is 2.68. The van der Waals surface area contributed by atoms with Gasteiger partial charge in [0.2, 0.25) is 0 Å². The van der Waals surface area contributed by atoms with Crippen LogP contribution in [0.1, 0.15) is 0 Å². The Hall–Kier alpha value is -0.270. The molecule has 0 aliphatic carbocycles. The summed E-state index contributed by atoms with van der Waals surface area (Å²) < 4.78 is 14.6. The first kappa shape index (κ1) is 7.83. The zero-order valence-electron chi connectivity index (χ0n) is 5.36. The third-order valence-corrected chi connectivity index (χ3v) is 2.72. The van der Waals surface area contributed by atoms with Gasteiger partial charge in [-0.2, -0.15) is 0 Å². The molecule has 10 heavy (non-hydrogen) atoms. The molecule has 2 N–H and O–H groups in total. The van der Waals surface area contributed by atoms with E-state index in [1.165, 1.54) is 6.26 Å². The monoisotopic (exact) mass is 257 g/mol. The van der Waals surface area contributed by atoms with Crippen molar-refractivity contribution in [1.29, 1.82) is 0 Å². The van der Waals surface area contributed by atoms with Crippen LogP contribution in [0.15, 0.2) is 22.8 Å². The summed E-state index contributed by atoms with van der Waals surface area (Å²) >= 11 is -2.32. The van der Waals surface area contributed by atoms with Gasteiger partial charge < -0.3 is 0 Å². The number of anilines is 1. The van der Waals surface area contributed by atoms with Gasteiger partial charge in [-0.3, -0.25) is 0 Å². The van der Waals surface area contributed by atoms with Gasteiger partial charge in [0.25, 0.3) is 0 Å². The molecule has 1 aromatic rings. The molecule has 0 aliphatic rings. The second-order valence-electron chi connectivity index (χ2n) is 1.63. The van der Waals surface area contributed by atoms with Gasteiger partial charge in [-0.05, 0) is 0 Å². The van der Waals surface area contributed by atoms with E-state index >= 15 is 0 Å². The van der Waals surface area contributed by atoms with E-state index in [0.717, 1.165) is 3.28 Å². The molecule has 1 rings (SSSR count). The van der Waals surface area contributed by atoms with Crippen LogP contribution in [0.5, 0.6) is 0 Å². The van der Waals surface area contributed by atoms with Crippen molar-refractivity contribution in [2.75, 3.05) is 8.21 Å². The van der Waals surface area contributed by atoms with E-state index in [1.54, 1.807) is 17.1 Å². The summed E-state index contributed by atoms with van der Waals surface area (Å²) in [5.74, 6) is 0.301. The van der Waals surface area contributed by atoms with Gasteiger partial charge >= 0.3 is 66.1 Å². The fourth-order valence-electron chi connectivity index (χ4n) is 0.495. The van der Waals surface area contributed by atoms with Gasteiger partial charge in [-0.15, -0.1) is 0 Å². The third kappa shape index (κ3) is 1.61. The molecule has 0 saturated heterocycles. The van der Waals surface area contributed by atoms with Gasteiger partial charge in [-0.1, -0.05) is 0 Å². The van der Waals surface area contributed by atoms with Crippen LogP contribution in [-0.4, -0.2) is 13.6 Å². The standard InChI is InChI=1S/C5H8INO3/c1-6(8)7(9)5-3-2-4-10-5/h2-4,8-9H,1H3. The van der Waals surface area contributed by atoms with Crippen LogP contribution in [0.2, 0.25) is 0 Å². The Kier molecular flexibility index (Phi) is 2.52. The topological polar surface area (TPSA) is 56.8 Å². The summed E-state index contributed by atoms with van der Waals surface area (Å²) in [6.07, 6.45) is 1.44. The SMILES string of the molecule is CI(O)N(O)c1ccco1. The molecule has 0 amide bonds. The summed E-state index contributed by atoms with van der Waals surface area (Å²) in [7, 11) is 0. The van der Waals surface area contributed by atoms with Crippen molar-refractivity contribution < 1.29 is 13.1 Å². The molecule has 1 aromatic heterocycles. The zero-order valence-corrected chi connectivity index (χ0v) is 7.52. The average molecular weight is 257 g/mol. The molecule has 0 fully saturated rings. The fraction of sp³-hybridized carbons (Fsp3) is 0.200. The molecule has 0 bridgehead atoms. The molecular weight excluding hydrogens is 249 g/mol. The van der Waals surface area contributed by atoms with Crippen LogP contribution in [0.4, 0.5) is 5.88 Å². The Labute approximate surface area is 66.3 Å².